The van der Waals surface area contributed by atoms with Crippen molar-refractivity contribution in [3.8, 4) is 5.75 Å². The van der Waals surface area contributed by atoms with Gasteiger partial charge >= 0.3 is 6.03 Å². The van der Waals surface area contributed by atoms with Gasteiger partial charge in [0.1, 0.15) is 5.75 Å². The standard InChI is InChI=1S/C18H20N4O4/c23-15-4-1-9-19-16(15)17(24)21-12-5-7-13(8-6-12)22-18(25)20-11-14-3-2-10-26-14/h1,4-9,14,23H,2-3,10-11H2,(H,21,24)(H2,20,22,25). The first-order valence-corrected chi connectivity index (χ1v) is 8.33. The second-order valence-corrected chi connectivity index (χ2v) is 5.87. The van der Waals surface area contributed by atoms with Crippen molar-refractivity contribution in [2.24, 2.45) is 0 Å². The molecular weight excluding hydrogens is 336 g/mol. The van der Waals surface area contributed by atoms with E-state index in [9.17, 15) is 14.7 Å². The Bertz CT molecular complexity index is 773. The molecule has 0 spiro atoms. The summed E-state index contributed by atoms with van der Waals surface area (Å²) in [5, 5.41) is 17.8. The van der Waals surface area contributed by atoms with E-state index < -0.39 is 5.91 Å². The van der Waals surface area contributed by atoms with Crippen LogP contribution in [-0.2, 0) is 4.74 Å². The molecule has 1 aliphatic rings. The Labute approximate surface area is 150 Å². The van der Waals surface area contributed by atoms with Crippen molar-refractivity contribution >= 4 is 23.3 Å². The van der Waals surface area contributed by atoms with Crippen LogP contribution in [0, 0.1) is 0 Å². The normalized spacial score (nSPS) is 16.1. The van der Waals surface area contributed by atoms with Crippen LogP contribution < -0.4 is 16.0 Å². The Hall–Kier alpha value is -3.13. The molecule has 136 valence electrons. The highest BCUT2D eigenvalue weighted by molar-refractivity contribution is 6.04. The Balaban J connectivity index is 1.50. The fraction of sp³-hybridized carbons (Fsp3) is 0.278. The molecule has 1 saturated heterocycles. The molecule has 1 aliphatic heterocycles. The minimum Gasteiger partial charge on any atom is -0.505 e. The van der Waals surface area contributed by atoms with E-state index in [4.69, 9.17) is 4.74 Å². The summed E-state index contributed by atoms with van der Waals surface area (Å²) in [7, 11) is 0. The number of carbonyl (C=O) groups excluding carboxylic acids is 2. The van der Waals surface area contributed by atoms with Crippen molar-refractivity contribution in [1.29, 1.82) is 0 Å². The lowest BCUT2D eigenvalue weighted by molar-refractivity contribution is 0.101. The first-order chi connectivity index (χ1) is 12.6. The van der Waals surface area contributed by atoms with E-state index in [2.05, 4.69) is 20.9 Å². The molecule has 1 aromatic heterocycles. The molecule has 2 heterocycles. The second kappa shape index (κ2) is 8.30. The van der Waals surface area contributed by atoms with Gasteiger partial charge in [-0.15, -0.1) is 0 Å². The molecule has 8 nitrogen and oxygen atoms in total. The van der Waals surface area contributed by atoms with Crippen molar-refractivity contribution in [3.63, 3.8) is 0 Å². The third-order valence-electron chi connectivity index (χ3n) is 3.92. The van der Waals surface area contributed by atoms with Gasteiger partial charge in [0.05, 0.1) is 6.10 Å². The second-order valence-electron chi connectivity index (χ2n) is 5.87. The van der Waals surface area contributed by atoms with Crippen LogP contribution in [0.3, 0.4) is 0 Å². The van der Waals surface area contributed by atoms with Crippen LogP contribution in [0.1, 0.15) is 23.3 Å². The molecule has 4 N–H and O–H groups in total. The van der Waals surface area contributed by atoms with Crippen LogP contribution in [0.2, 0.25) is 0 Å². The molecular formula is C18H20N4O4. The summed E-state index contributed by atoms with van der Waals surface area (Å²) < 4.78 is 5.45. The van der Waals surface area contributed by atoms with Crippen molar-refractivity contribution in [3.05, 3.63) is 48.3 Å². The molecule has 3 amide bonds. The van der Waals surface area contributed by atoms with Gasteiger partial charge in [-0.2, -0.15) is 0 Å². The van der Waals surface area contributed by atoms with Gasteiger partial charge < -0.3 is 25.8 Å². The number of urea groups is 1. The Morgan fingerprint density at radius 2 is 1.88 bits per heavy atom. The third kappa shape index (κ3) is 4.70. The van der Waals surface area contributed by atoms with E-state index in [1.165, 1.54) is 18.3 Å². The maximum Gasteiger partial charge on any atom is 0.319 e. The fourth-order valence-corrected chi connectivity index (χ4v) is 2.59. The zero-order valence-corrected chi connectivity index (χ0v) is 14.1. The zero-order chi connectivity index (χ0) is 18.4. The van der Waals surface area contributed by atoms with E-state index in [-0.39, 0.29) is 23.6 Å². The van der Waals surface area contributed by atoms with E-state index in [0.29, 0.717) is 17.9 Å². The topological polar surface area (TPSA) is 113 Å². The summed E-state index contributed by atoms with van der Waals surface area (Å²) in [6.45, 7) is 1.23. The summed E-state index contributed by atoms with van der Waals surface area (Å²) in [5.41, 5.74) is 1.06. The number of nitrogens with zero attached hydrogens (tertiary/aromatic N) is 1. The largest absolute Gasteiger partial charge is 0.505 e. The molecule has 2 aromatic rings. The summed E-state index contributed by atoms with van der Waals surface area (Å²) in [6, 6.07) is 9.25. The van der Waals surface area contributed by atoms with Crippen molar-refractivity contribution in [2.45, 2.75) is 18.9 Å². The highest BCUT2D eigenvalue weighted by atomic mass is 16.5. The van der Waals surface area contributed by atoms with Gasteiger partial charge in [0.25, 0.3) is 5.91 Å². The third-order valence-corrected chi connectivity index (χ3v) is 3.92. The number of amides is 3. The average molecular weight is 356 g/mol. The van der Waals surface area contributed by atoms with E-state index in [1.807, 2.05) is 0 Å². The molecule has 1 unspecified atom stereocenters. The van der Waals surface area contributed by atoms with Crippen LogP contribution in [0.5, 0.6) is 5.75 Å². The van der Waals surface area contributed by atoms with Gasteiger partial charge in [-0.25, -0.2) is 9.78 Å². The Kier molecular flexibility index (Phi) is 5.65. The fourth-order valence-electron chi connectivity index (χ4n) is 2.59. The van der Waals surface area contributed by atoms with Gasteiger partial charge in [-0.3, -0.25) is 4.79 Å². The number of hydrogen-bond acceptors (Lipinski definition) is 5. The van der Waals surface area contributed by atoms with Gasteiger partial charge in [0.2, 0.25) is 0 Å². The molecule has 0 saturated carbocycles. The molecule has 0 bridgehead atoms. The lowest BCUT2D eigenvalue weighted by Crippen LogP contribution is -2.35. The lowest BCUT2D eigenvalue weighted by atomic mass is 10.2. The number of anilines is 2. The lowest BCUT2D eigenvalue weighted by Gasteiger charge is -2.12. The molecule has 0 aliphatic carbocycles. The Morgan fingerprint density at radius 1 is 1.15 bits per heavy atom. The van der Waals surface area contributed by atoms with E-state index >= 15 is 0 Å². The highest BCUT2D eigenvalue weighted by Crippen LogP contribution is 2.17. The van der Waals surface area contributed by atoms with Crippen LogP contribution in [0.25, 0.3) is 0 Å². The van der Waals surface area contributed by atoms with E-state index in [1.54, 1.807) is 24.3 Å². The van der Waals surface area contributed by atoms with Crippen LogP contribution in [0.15, 0.2) is 42.6 Å². The minimum absolute atomic E-state index is 0.0526. The number of aromatic hydroxyl groups is 1. The minimum atomic E-state index is -0.516. The van der Waals surface area contributed by atoms with Gasteiger partial charge in [-0.05, 0) is 49.2 Å². The number of ether oxygens (including phenoxy) is 1. The molecule has 26 heavy (non-hydrogen) atoms. The predicted molar refractivity (Wildman–Crippen MR) is 96.3 cm³/mol. The molecule has 0 radical (unpaired) electrons. The highest BCUT2D eigenvalue weighted by Gasteiger charge is 2.16. The maximum absolute atomic E-state index is 12.1. The first kappa shape index (κ1) is 17.7. The molecule has 3 rings (SSSR count). The monoisotopic (exact) mass is 356 g/mol. The maximum atomic E-state index is 12.1. The molecule has 1 atom stereocenters. The first-order valence-electron chi connectivity index (χ1n) is 8.33. The summed E-state index contributed by atoms with van der Waals surface area (Å²) >= 11 is 0. The number of carbonyl (C=O) groups is 2. The quantitative estimate of drug-likeness (QED) is 0.657. The number of pyridine rings is 1. The van der Waals surface area contributed by atoms with Gasteiger partial charge in [0, 0.05) is 30.7 Å². The van der Waals surface area contributed by atoms with Gasteiger partial charge in [-0.1, -0.05) is 0 Å². The number of nitrogens with one attached hydrogen (secondary N) is 3. The number of benzene rings is 1. The Morgan fingerprint density at radius 3 is 2.54 bits per heavy atom. The summed E-state index contributed by atoms with van der Waals surface area (Å²) in [5.74, 6) is -0.704. The van der Waals surface area contributed by atoms with Crippen LogP contribution >= 0.6 is 0 Å². The van der Waals surface area contributed by atoms with Crippen molar-refractivity contribution < 1.29 is 19.4 Å². The molecule has 1 aromatic carbocycles. The average Bonchev–Trinajstić information content (AvgIpc) is 3.15. The summed E-state index contributed by atoms with van der Waals surface area (Å²) in [4.78, 5) is 27.8. The smallest absolute Gasteiger partial charge is 0.319 e. The molecule has 1 fully saturated rings. The van der Waals surface area contributed by atoms with E-state index in [0.717, 1.165) is 19.4 Å². The van der Waals surface area contributed by atoms with Crippen LogP contribution in [0.4, 0.5) is 16.2 Å². The van der Waals surface area contributed by atoms with Crippen molar-refractivity contribution in [2.75, 3.05) is 23.8 Å². The number of rotatable bonds is 5. The predicted octanol–water partition coefficient (Wildman–Crippen LogP) is 2.34. The SMILES string of the molecule is O=C(NCC1CCCO1)Nc1ccc(NC(=O)c2ncccc2O)cc1. The number of hydrogen-bond donors (Lipinski definition) is 4. The zero-order valence-electron chi connectivity index (χ0n) is 14.1. The number of aromatic nitrogens is 1. The van der Waals surface area contributed by atoms with Crippen molar-refractivity contribution in [1.82, 2.24) is 10.3 Å². The summed E-state index contributed by atoms with van der Waals surface area (Å²) in [6.07, 6.45) is 3.50. The van der Waals surface area contributed by atoms with Gasteiger partial charge in [0.15, 0.2) is 5.69 Å². The molecule has 8 heteroatoms. The van der Waals surface area contributed by atoms with Crippen LogP contribution in [-0.4, -0.2) is 41.3 Å².